The Hall–Kier alpha value is -1.88. The lowest BCUT2D eigenvalue weighted by Crippen LogP contribution is -2.38. The van der Waals surface area contributed by atoms with Crippen molar-refractivity contribution in [2.45, 2.75) is 46.5 Å². The van der Waals surface area contributed by atoms with Crippen LogP contribution in [0.5, 0.6) is 0 Å². The molecular weight excluding hydrogens is 314 g/mol. The molecule has 1 heterocycles. The summed E-state index contributed by atoms with van der Waals surface area (Å²) in [5.74, 6) is 0.583. The first-order valence-corrected chi connectivity index (χ1v) is 9.35. The molecule has 5 nitrogen and oxygen atoms in total. The average molecular weight is 345 g/mol. The number of carbonyl (C=O) groups excluding carboxylic acids is 2. The van der Waals surface area contributed by atoms with Gasteiger partial charge in [-0.05, 0) is 70.2 Å². The van der Waals surface area contributed by atoms with Crippen molar-refractivity contribution in [2.24, 2.45) is 5.92 Å². The van der Waals surface area contributed by atoms with E-state index < -0.39 is 0 Å². The number of carbonyl (C=O) groups is 2. The van der Waals surface area contributed by atoms with Gasteiger partial charge in [-0.15, -0.1) is 0 Å². The maximum absolute atomic E-state index is 12.5. The molecule has 0 radical (unpaired) electrons. The number of piperidine rings is 1. The number of anilines is 1. The van der Waals surface area contributed by atoms with Crippen LogP contribution in [0.25, 0.3) is 0 Å². The fraction of sp³-hybridized carbons (Fsp3) is 0.600. The molecule has 2 amide bonds. The number of hydrogen-bond donors (Lipinski definition) is 2. The molecule has 0 aromatic heterocycles. The number of nitrogens with zero attached hydrogens (tertiary/aromatic N) is 1. The first-order chi connectivity index (χ1) is 12.0. The molecule has 0 aliphatic carbocycles. The van der Waals surface area contributed by atoms with Crippen molar-refractivity contribution >= 4 is 17.5 Å². The third-order valence-electron chi connectivity index (χ3n) is 5.04. The third kappa shape index (κ3) is 5.85. The first kappa shape index (κ1) is 19.4. The maximum Gasteiger partial charge on any atom is 0.244 e. The van der Waals surface area contributed by atoms with E-state index in [9.17, 15) is 9.59 Å². The van der Waals surface area contributed by atoms with Crippen LogP contribution < -0.4 is 10.6 Å². The highest BCUT2D eigenvalue weighted by Gasteiger charge is 2.19. The molecule has 1 aromatic rings. The van der Waals surface area contributed by atoms with Gasteiger partial charge in [-0.2, -0.15) is 0 Å². The van der Waals surface area contributed by atoms with Crippen LogP contribution in [0.15, 0.2) is 18.2 Å². The zero-order chi connectivity index (χ0) is 18.2. The van der Waals surface area contributed by atoms with E-state index in [4.69, 9.17) is 0 Å². The summed E-state index contributed by atoms with van der Waals surface area (Å²) >= 11 is 0. The number of rotatable bonds is 7. The molecular formula is C20H31N3O2. The van der Waals surface area contributed by atoms with Crippen molar-refractivity contribution in [2.75, 3.05) is 31.5 Å². The van der Waals surface area contributed by atoms with Gasteiger partial charge < -0.3 is 15.5 Å². The minimum Gasteiger partial charge on any atom is -0.334 e. The SMILES string of the molecule is CCN(CC(=O)Nc1c(C)cccc1C)C(=O)CCC1CCNCC1. The summed E-state index contributed by atoms with van der Waals surface area (Å²) in [7, 11) is 0. The number of likely N-dealkylation sites (N-methyl/N-ethyl adjacent to an activating group) is 1. The summed E-state index contributed by atoms with van der Waals surface area (Å²) in [6.07, 6.45) is 3.75. The van der Waals surface area contributed by atoms with Gasteiger partial charge in [0.15, 0.2) is 0 Å². The molecule has 138 valence electrons. The van der Waals surface area contributed by atoms with Crippen molar-refractivity contribution in [1.29, 1.82) is 0 Å². The lowest BCUT2D eigenvalue weighted by atomic mass is 9.93. The van der Waals surface area contributed by atoms with E-state index in [1.165, 1.54) is 0 Å². The second kappa shape index (κ2) is 9.56. The molecule has 1 fully saturated rings. The van der Waals surface area contributed by atoms with Gasteiger partial charge >= 0.3 is 0 Å². The van der Waals surface area contributed by atoms with Gasteiger partial charge in [0.2, 0.25) is 11.8 Å². The normalized spacial score (nSPS) is 15.0. The highest BCUT2D eigenvalue weighted by atomic mass is 16.2. The molecule has 0 atom stereocenters. The van der Waals surface area contributed by atoms with E-state index in [1.54, 1.807) is 4.90 Å². The number of nitrogens with one attached hydrogen (secondary N) is 2. The summed E-state index contributed by atoms with van der Waals surface area (Å²) < 4.78 is 0. The molecule has 1 aliphatic rings. The van der Waals surface area contributed by atoms with Crippen molar-refractivity contribution in [3.63, 3.8) is 0 Å². The first-order valence-electron chi connectivity index (χ1n) is 9.35. The number of hydrogen-bond acceptors (Lipinski definition) is 3. The van der Waals surface area contributed by atoms with E-state index in [-0.39, 0.29) is 18.4 Å². The molecule has 25 heavy (non-hydrogen) atoms. The molecule has 1 saturated heterocycles. The lowest BCUT2D eigenvalue weighted by molar-refractivity contribution is -0.134. The van der Waals surface area contributed by atoms with Crippen LogP contribution in [0.2, 0.25) is 0 Å². The summed E-state index contributed by atoms with van der Waals surface area (Å²) in [4.78, 5) is 26.5. The third-order valence-corrected chi connectivity index (χ3v) is 5.04. The predicted octanol–water partition coefficient (Wildman–Crippen LogP) is 2.87. The van der Waals surface area contributed by atoms with E-state index in [0.717, 1.165) is 49.2 Å². The Morgan fingerprint density at radius 1 is 1.20 bits per heavy atom. The van der Waals surface area contributed by atoms with E-state index in [0.29, 0.717) is 18.9 Å². The number of benzene rings is 1. The average Bonchev–Trinajstić information content (AvgIpc) is 2.61. The Bertz CT molecular complexity index is 574. The molecule has 0 bridgehead atoms. The van der Waals surface area contributed by atoms with Crippen molar-refractivity contribution < 1.29 is 9.59 Å². The smallest absolute Gasteiger partial charge is 0.244 e. The molecule has 0 saturated carbocycles. The van der Waals surface area contributed by atoms with Crippen LogP contribution in [0.1, 0.15) is 43.7 Å². The standard InChI is InChI=1S/C20H31N3O2/c1-4-23(19(25)9-8-17-10-12-21-13-11-17)14-18(24)22-20-15(2)6-5-7-16(20)3/h5-7,17,21H,4,8-14H2,1-3H3,(H,22,24). The second-order valence-corrected chi connectivity index (χ2v) is 6.95. The zero-order valence-electron chi connectivity index (χ0n) is 15.7. The minimum absolute atomic E-state index is 0.0812. The van der Waals surface area contributed by atoms with Gasteiger partial charge in [-0.25, -0.2) is 0 Å². The van der Waals surface area contributed by atoms with Crippen LogP contribution in [0.3, 0.4) is 0 Å². The predicted molar refractivity (Wildman–Crippen MR) is 102 cm³/mol. The summed E-state index contributed by atoms with van der Waals surface area (Å²) in [6, 6.07) is 5.93. The molecule has 1 aromatic carbocycles. The number of para-hydroxylation sites is 1. The molecule has 1 aliphatic heterocycles. The van der Waals surface area contributed by atoms with Crippen molar-refractivity contribution in [3.8, 4) is 0 Å². The Kier molecular flexibility index (Phi) is 7.44. The minimum atomic E-state index is -0.130. The molecule has 0 unspecified atom stereocenters. The summed E-state index contributed by atoms with van der Waals surface area (Å²) in [5.41, 5.74) is 2.92. The Morgan fingerprint density at radius 3 is 2.44 bits per heavy atom. The quantitative estimate of drug-likeness (QED) is 0.799. The van der Waals surface area contributed by atoms with Crippen LogP contribution in [0.4, 0.5) is 5.69 Å². The fourth-order valence-corrected chi connectivity index (χ4v) is 3.40. The Balaban J connectivity index is 1.85. The van der Waals surface area contributed by atoms with Crippen molar-refractivity contribution in [1.82, 2.24) is 10.2 Å². The Morgan fingerprint density at radius 2 is 1.84 bits per heavy atom. The zero-order valence-corrected chi connectivity index (χ0v) is 15.7. The lowest BCUT2D eigenvalue weighted by Gasteiger charge is -2.25. The van der Waals surface area contributed by atoms with Gasteiger partial charge in [0.1, 0.15) is 0 Å². The summed E-state index contributed by atoms with van der Waals surface area (Å²) in [6.45, 7) is 8.66. The topological polar surface area (TPSA) is 61.4 Å². The van der Waals surface area contributed by atoms with E-state index in [2.05, 4.69) is 10.6 Å². The molecule has 2 N–H and O–H groups in total. The van der Waals surface area contributed by atoms with Crippen LogP contribution in [0, 0.1) is 19.8 Å². The molecule has 5 heteroatoms. The summed E-state index contributed by atoms with van der Waals surface area (Å²) in [5, 5.41) is 6.31. The highest BCUT2D eigenvalue weighted by Crippen LogP contribution is 2.20. The monoisotopic (exact) mass is 345 g/mol. The van der Waals surface area contributed by atoms with Crippen LogP contribution >= 0.6 is 0 Å². The molecule has 0 spiro atoms. The van der Waals surface area contributed by atoms with E-state index >= 15 is 0 Å². The van der Waals surface area contributed by atoms with Crippen LogP contribution in [-0.4, -0.2) is 42.9 Å². The van der Waals surface area contributed by atoms with E-state index in [1.807, 2.05) is 39.0 Å². The van der Waals surface area contributed by atoms with Gasteiger partial charge in [-0.1, -0.05) is 18.2 Å². The van der Waals surface area contributed by atoms with Gasteiger partial charge in [-0.3, -0.25) is 9.59 Å². The fourth-order valence-electron chi connectivity index (χ4n) is 3.40. The number of aryl methyl sites for hydroxylation is 2. The van der Waals surface area contributed by atoms with Gasteiger partial charge in [0, 0.05) is 18.7 Å². The number of amides is 2. The second-order valence-electron chi connectivity index (χ2n) is 6.95. The van der Waals surface area contributed by atoms with Crippen molar-refractivity contribution in [3.05, 3.63) is 29.3 Å². The van der Waals surface area contributed by atoms with Gasteiger partial charge in [0.05, 0.1) is 6.54 Å². The van der Waals surface area contributed by atoms with Crippen LogP contribution in [-0.2, 0) is 9.59 Å². The molecule has 2 rings (SSSR count). The largest absolute Gasteiger partial charge is 0.334 e. The maximum atomic E-state index is 12.5. The Labute approximate surface area is 151 Å². The highest BCUT2D eigenvalue weighted by molar-refractivity contribution is 5.95. The van der Waals surface area contributed by atoms with Gasteiger partial charge in [0.25, 0.3) is 0 Å².